The van der Waals surface area contributed by atoms with E-state index in [0.717, 1.165) is 25.2 Å². The lowest BCUT2D eigenvalue weighted by Crippen LogP contribution is -2.23. The highest BCUT2D eigenvalue weighted by Crippen LogP contribution is 2.38. The van der Waals surface area contributed by atoms with Crippen molar-refractivity contribution in [1.29, 1.82) is 0 Å². The van der Waals surface area contributed by atoms with E-state index >= 15 is 0 Å². The van der Waals surface area contributed by atoms with E-state index in [4.69, 9.17) is 10.5 Å². The topological polar surface area (TPSA) is 35.2 Å². The first-order valence-corrected chi connectivity index (χ1v) is 7.86. The predicted molar refractivity (Wildman–Crippen MR) is 78.4 cm³/mol. The summed E-state index contributed by atoms with van der Waals surface area (Å²) in [6, 6.07) is 6.68. The van der Waals surface area contributed by atoms with Crippen molar-refractivity contribution in [3.05, 3.63) is 29.3 Å². The second kappa shape index (κ2) is 5.96. The molecule has 104 valence electrons. The molecule has 2 aliphatic rings. The second-order valence-electron chi connectivity index (χ2n) is 6.06. The molecule has 1 fully saturated rings. The van der Waals surface area contributed by atoms with Gasteiger partial charge in [-0.2, -0.15) is 0 Å². The highest BCUT2D eigenvalue weighted by atomic mass is 16.5. The predicted octanol–water partition coefficient (Wildman–Crippen LogP) is 3.98. The standard InChI is InChI=1S/C17H25NO/c18-16(13-7-3-1-2-4-8-13)15-11-5-9-14-10-6-12-19-17(14)15/h5,9,11,13,16H,1-4,6-8,10,12,18H2. The monoisotopic (exact) mass is 259 g/mol. The van der Waals surface area contributed by atoms with Crippen molar-refractivity contribution < 1.29 is 4.74 Å². The number of nitrogens with two attached hydrogens (primary N) is 1. The molecule has 1 aromatic carbocycles. The lowest BCUT2D eigenvalue weighted by Gasteiger charge is -2.27. The zero-order valence-corrected chi connectivity index (χ0v) is 11.7. The van der Waals surface area contributed by atoms with Crippen LogP contribution in [0.1, 0.15) is 62.1 Å². The molecule has 0 bridgehead atoms. The molecule has 1 heterocycles. The number of benzene rings is 1. The fraction of sp³-hybridized carbons (Fsp3) is 0.647. The molecular weight excluding hydrogens is 234 g/mol. The quantitative estimate of drug-likeness (QED) is 0.815. The van der Waals surface area contributed by atoms with Gasteiger partial charge in [0, 0.05) is 11.6 Å². The zero-order valence-electron chi connectivity index (χ0n) is 11.7. The molecule has 0 amide bonds. The lowest BCUT2D eigenvalue weighted by atomic mass is 9.86. The highest BCUT2D eigenvalue weighted by Gasteiger charge is 2.25. The molecule has 2 N–H and O–H groups in total. The van der Waals surface area contributed by atoms with Gasteiger partial charge in [-0.25, -0.2) is 0 Å². The third-order valence-electron chi connectivity index (χ3n) is 4.73. The molecule has 1 unspecified atom stereocenters. The molecule has 0 saturated heterocycles. The minimum Gasteiger partial charge on any atom is -0.493 e. The van der Waals surface area contributed by atoms with Gasteiger partial charge in [-0.3, -0.25) is 0 Å². The Kier molecular flexibility index (Phi) is 4.07. The first kappa shape index (κ1) is 13.0. The summed E-state index contributed by atoms with van der Waals surface area (Å²) in [7, 11) is 0. The van der Waals surface area contributed by atoms with E-state index < -0.39 is 0 Å². The van der Waals surface area contributed by atoms with Crippen molar-refractivity contribution in [3.63, 3.8) is 0 Å². The van der Waals surface area contributed by atoms with Gasteiger partial charge in [0.2, 0.25) is 0 Å². The van der Waals surface area contributed by atoms with Crippen LogP contribution >= 0.6 is 0 Å². The molecule has 1 aliphatic heterocycles. The second-order valence-corrected chi connectivity index (χ2v) is 6.06. The van der Waals surface area contributed by atoms with Crippen molar-refractivity contribution in [2.45, 2.75) is 57.4 Å². The van der Waals surface area contributed by atoms with E-state index in [-0.39, 0.29) is 6.04 Å². The number of para-hydroxylation sites is 1. The molecule has 0 spiro atoms. The van der Waals surface area contributed by atoms with Crippen LogP contribution < -0.4 is 10.5 Å². The molecule has 3 rings (SSSR count). The van der Waals surface area contributed by atoms with Crippen LogP contribution in [-0.2, 0) is 6.42 Å². The van der Waals surface area contributed by atoms with Gasteiger partial charge in [0.25, 0.3) is 0 Å². The van der Waals surface area contributed by atoms with Crippen LogP contribution in [0.4, 0.5) is 0 Å². The van der Waals surface area contributed by atoms with Crippen LogP contribution in [0.2, 0.25) is 0 Å². The van der Waals surface area contributed by atoms with Gasteiger partial charge < -0.3 is 10.5 Å². The number of aryl methyl sites for hydroxylation is 1. The van der Waals surface area contributed by atoms with Crippen molar-refractivity contribution in [2.24, 2.45) is 11.7 Å². The number of hydrogen-bond donors (Lipinski definition) is 1. The van der Waals surface area contributed by atoms with Gasteiger partial charge in [0.1, 0.15) is 5.75 Å². The van der Waals surface area contributed by atoms with Crippen LogP contribution in [0.15, 0.2) is 18.2 Å². The summed E-state index contributed by atoms with van der Waals surface area (Å²) in [5, 5.41) is 0. The summed E-state index contributed by atoms with van der Waals surface area (Å²) in [5.74, 6) is 1.74. The third-order valence-corrected chi connectivity index (χ3v) is 4.73. The SMILES string of the molecule is NC(c1cccc2c1OCCC2)C1CCCCCC1. The molecule has 1 atom stereocenters. The first-order valence-electron chi connectivity index (χ1n) is 7.86. The molecular formula is C17H25NO. The van der Waals surface area contributed by atoms with E-state index in [1.54, 1.807) is 0 Å². The smallest absolute Gasteiger partial charge is 0.127 e. The van der Waals surface area contributed by atoms with E-state index in [9.17, 15) is 0 Å². The van der Waals surface area contributed by atoms with Gasteiger partial charge in [0.15, 0.2) is 0 Å². The summed E-state index contributed by atoms with van der Waals surface area (Å²) >= 11 is 0. The molecule has 0 radical (unpaired) electrons. The molecule has 2 heteroatoms. The average Bonchev–Trinajstić information content (AvgIpc) is 2.75. The van der Waals surface area contributed by atoms with Crippen LogP contribution in [-0.4, -0.2) is 6.61 Å². The van der Waals surface area contributed by atoms with E-state index in [1.165, 1.54) is 49.7 Å². The van der Waals surface area contributed by atoms with Crippen molar-refractivity contribution in [3.8, 4) is 5.75 Å². The van der Waals surface area contributed by atoms with Crippen LogP contribution in [0, 0.1) is 5.92 Å². The Balaban J connectivity index is 1.84. The van der Waals surface area contributed by atoms with E-state index in [0.29, 0.717) is 5.92 Å². The largest absolute Gasteiger partial charge is 0.493 e. The van der Waals surface area contributed by atoms with E-state index in [1.807, 2.05) is 0 Å². The molecule has 2 nitrogen and oxygen atoms in total. The average molecular weight is 259 g/mol. The Labute approximate surface area is 116 Å². The fourth-order valence-electron chi connectivity index (χ4n) is 3.60. The maximum atomic E-state index is 6.58. The van der Waals surface area contributed by atoms with Crippen LogP contribution in [0.25, 0.3) is 0 Å². The van der Waals surface area contributed by atoms with Gasteiger partial charge in [-0.1, -0.05) is 43.9 Å². The van der Waals surface area contributed by atoms with Crippen LogP contribution in [0.3, 0.4) is 0 Å². The van der Waals surface area contributed by atoms with Gasteiger partial charge in [-0.05, 0) is 37.2 Å². The van der Waals surface area contributed by atoms with Gasteiger partial charge >= 0.3 is 0 Å². The minimum absolute atomic E-state index is 0.158. The fourth-order valence-corrected chi connectivity index (χ4v) is 3.60. The summed E-state index contributed by atoms with van der Waals surface area (Å²) in [4.78, 5) is 0. The Morgan fingerprint density at radius 1 is 1.05 bits per heavy atom. The summed E-state index contributed by atoms with van der Waals surface area (Å²) in [6.07, 6.45) is 10.3. The third kappa shape index (κ3) is 2.79. The maximum absolute atomic E-state index is 6.58. The Morgan fingerprint density at radius 2 is 1.84 bits per heavy atom. The zero-order chi connectivity index (χ0) is 13.1. The van der Waals surface area contributed by atoms with Crippen molar-refractivity contribution >= 4 is 0 Å². The molecule has 1 aromatic rings. The summed E-state index contributed by atoms with van der Waals surface area (Å²) in [5.41, 5.74) is 9.19. The Hall–Kier alpha value is -1.02. The highest BCUT2D eigenvalue weighted by molar-refractivity contribution is 5.44. The number of rotatable bonds is 2. The normalized spacial score (nSPS) is 22.2. The Bertz CT molecular complexity index is 421. The number of hydrogen-bond acceptors (Lipinski definition) is 2. The number of ether oxygens (including phenoxy) is 1. The number of fused-ring (bicyclic) bond motifs is 1. The summed E-state index contributed by atoms with van der Waals surface area (Å²) < 4.78 is 5.92. The lowest BCUT2D eigenvalue weighted by molar-refractivity contribution is 0.277. The molecule has 1 saturated carbocycles. The molecule has 0 aromatic heterocycles. The maximum Gasteiger partial charge on any atom is 0.127 e. The van der Waals surface area contributed by atoms with E-state index in [2.05, 4.69) is 18.2 Å². The Morgan fingerprint density at radius 3 is 2.63 bits per heavy atom. The van der Waals surface area contributed by atoms with Gasteiger partial charge in [-0.15, -0.1) is 0 Å². The molecule has 19 heavy (non-hydrogen) atoms. The van der Waals surface area contributed by atoms with Crippen molar-refractivity contribution in [2.75, 3.05) is 6.61 Å². The molecule has 1 aliphatic carbocycles. The minimum atomic E-state index is 0.158. The van der Waals surface area contributed by atoms with Crippen LogP contribution in [0.5, 0.6) is 5.75 Å². The summed E-state index contributed by atoms with van der Waals surface area (Å²) in [6.45, 7) is 0.849. The first-order chi connectivity index (χ1) is 9.36. The van der Waals surface area contributed by atoms with Gasteiger partial charge in [0.05, 0.1) is 6.61 Å². The van der Waals surface area contributed by atoms with Crippen molar-refractivity contribution in [1.82, 2.24) is 0 Å².